The minimum atomic E-state index is -1.80. The van der Waals surface area contributed by atoms with Crippen LogP contribution in [0.3, 0.4) is 0 Å². The van der Waals surface area contributed by atoms with E-state index in [0.29, 0.717) is 11.0 Å². The van der Waals surface area contributed by atoms with E-state index < -0.39 is 36.7 Å². The molecule has 2 fully saturated rings. The highest BCUT2D eigenvalue weighted by atomic mass is 16.7. The van der Waals surface area contributed by atoms with E-state index in [-0.39, 0.29) is 11.8 Å². The number of carbonyl (C=O) groups is 1. The Labute approximate surface area is 201 Å². The molecule has 188 valence electrons. The van der Waals surface area contributed by atoms with Crippen molar-refractivity contribution in [2.24, 2.45) is 7.05 Å². The number of nitrogens with zero attached hydrogens (tertiary/aromatic N) is 4. The predicted octanol–water partition coefficient (Wildman–Crippen LogP) is 0.592. The predicted molar refractivity (Wildman–Crippen MR) is 125 cm³/mol. The summed E-state index contributed by atoms with van der Waals surface area (Å²) in [6.07, 6.45) is -6.43. The van der Waals surface area contributed by atoms with Gasteiger partial charge in [0, 0.05) is 24.9 Å². The van der Waals surface area contributed by atoms with Gasteiger partial charge in [-0.3, -0.25) is 4.68 Å². The van der Waals surface area contributed by atoms with Gasteiger partial charge in [-0.05, 0) is 37.4 Å². The fourth-order valence-corrected chi connectivity index (χ4v) is 5.18. The number of aryl methyl sites for hydroxylation is 1. The first-order valence-corrected chi connectivity index (χ1v) is 11.9. The number of aliphatic carboxylic acids is 1. The van der Waals surface area contributed by atoms with E-state index in [1.807, 2.05) is 31.3 Å². The molecule has 2 saturated heterocycles. The monoisotopic (exact) mass is 486 g/mol. The molecule has 1 unspecified atom stereocenters. The van der Waals surface area contributed by atoms with Crippen LogP contribution in [0.5, 0.6) is 5.88 Å². The van der Waals surface area contributed by atoms with Crippen molar-refractivity contribution in [3.8, 4) is 5.88 Å². The Bertz CT molecular complexity index is 1250. The molecule has 4 N–H and O–H groups in total. The van der Waals surface area contributed by atoms with E-state index in [0.717, 1.165) is 48.9 Å². The molecule has 2 aromatic heterocycles. The number of ether oxygens (including phenoxy) is 2. The third kappa shape index (κ3) is 4.13. The van der Waals surface area contributed by atoms with Gasteiger partial charge in [-0.25, -0.2) is 4.79 Å². The van der Waals surface area contributed by atoms with Gasteiger partial charge in [0.15, 0.2) is 11.8 Å². The van der Waals surface area contributed by atoms with Gasteiger partial charge in [-0.2, -0.15) is 10.1 Å². The summed E-state index contributed by atoms with van der Waals surface area (Å²) in [6.45, 7) is 5.19. The number of likely N-dealkylation sites (tertiary alicyclic amines) is 1. The van der Waals surface area contributed by atoms with Crippen LogP contribution in [0.1, 0.15) is 31.4 Å². The van der Waals surface area contributed by atoms with Gasteiger partial charge in [0.25, 0.3) is 0 Å². The van der Waals surface area contributed by atoms with Gasteiger partial charge in [0.2, 0.25) is 12.2 Å². The van der Waals surface area contributed by atoms with Crippen LogP contribution in [0.15, 0.2) is 24.3 Å². The van der Waals surface area contributed by atoms with E-state index in [2.05, 4.69) is 16.8 Å². The number of pyridine rings is 1. The summed E-state index contributed by atoms with van der Waals surface area (Å²) < 4.78 is 12.9. The Morgan fingerprint density at radius 2 is 1.91 bits per heavy atom. The van der Waals surface area contributed by atoms with Gasteiger partial charge >= 0.3 is 5.97 Å². The average Bonchev–Trinajstić information content (AvgIpc) is 3.44. The molecule has 0 aliphatic carbocycles. The second-order valence-electron chi connectivity index (χ2n) is 9.31. The second-order valence-corrected chi connectivity index (χ2v) is 9.31. The first-order chi connectivity index (χ1) is 16.8. The molecule has 11 heteroatoms. The Kier molecular flexibility index (Phi) is 6.36. The Morgan fingerprint density at radius 1 is 1.17 bits per heavy atom. The number of carboxylic acid groups (broad SMARTS) is 1. The largest absolute Gasteiger partial charge is 0.479 e. The third-order valence-electron chi connectivity index (χ3n) is 6.92. The fraction of sp³-hybridized carbons (Fsp3) is 0.542. The zero-order valence-electron chi connectivity index (χ0n) is 19.6. The highest BCUT2D eigenvalue weighted by Crippen LogP contribution is 2.38. The van der Waals surface area contributed by atoms with E-state index in [1.54, 1.807) is 4.68 Å². The molecule has 35 heavy (non-hydrogen) atoms. The van der Waals surface area contributed by atoms with Crippen LogP contribution in [0.2, 0.25) is 0 Å². The maximum Gasteiger partial charge on any atom is 0.335 e. The van der Waals surface area contributed by atoms with Crippen molar-refractivity contribution in [3.63, 3.8) is 0 Å². The van der Waals surface area contributed by atoms with Crippen LogP contribution in [0.4, 0.5) is 0 Å². The first-order valence-electron chi connectivity index (χ1n) is 11.9. The van der Waals surface area contributed by atoms with Crippen LogP contribution in [0, 0.1) is 0 Å². The molecule has 11 nitrogen and oxygen atoms in total. The maximum absolute atomic E-state index is 11.5. The minimum Gasteiger partial charge on any atom is -0.479 e. The van der Waals surface area contributed by atoms with Crippen molar-refractivity contribution < 1.29 is 34.7 Å². The topological polar surface area (TPSA) is 150 Å². The summed E-state index contributed by atoms with van der Waals surface area (Å²) in [4.78, 5) is 18.6. The van der Waals surface area contributed by atoms with Gasteiger partial charge < -0.3 is 34.8 Å². The number of aliphatic hydroxyl groups excluding tert-OH is 3. The van der Waals surface area contributed by atoms with Crippen LogP contribution >= 0.6 is 0 Å². The zero-order chi connectivity index (χ0) is 24.9. The van der Waals surface area contributed by atoms with Crippen molar-refractivity contribution in [2.45, 2.75) is 56.4 Å². The van der Waals surface area contributed by atoms with Crippen LogP contribution in [0.25, 0.3) is 21.8 Å². The molecule has 0 radical (unpaired) electrons. The molecule has 5 rings (SSSR count). The van der Waals surface area contributed by atoms with Crippen LogP contribution in [-0.4, -0.2) is 96.4 Å². The van der Waals surface area contributed by atoms with Crippen LogP contribution in [-0.2, 0) is 16.6 Å². The quantitative estimate of drug-likeness (QED) is 0.390. The number of benzene rings is 1. The molecule has 0 bridgehead atoms. The van der Waals surface area contributed by atoms with E-state index in [1.165, 1.54) is 0 Å². The molecule has 0 saturated carbocycles. The number of hydrogen-bond donors (Lipinski definition) is 4. The summed E-state index contributed by atoms with van der Waals surface area (Å²) in [6, 6.07) is 7.51. The molecule has 2 aliphatic rings. The molecule has 0 spiro atoms. The van der Waals surface area contributed by atoms with Crippen molar-refractivity contribution in [1.82, 2.24) is 19.7 Å². The lowest BCUT2D eigenvalue weighted by Crippen LogP contribution is -2.61. The van der Waals surface area contributed by atoms with Crippen molar-refractivity contribution in [1.29, 1.82) is 0 Å². The standard InChI is InChI=1S/C24H30N4O7/c1-3-9-28-10-8-12(11-28)16-15-13-6-4-5-7-14(13)22(25-21(15)27(2)26-16)35-24-19(31)17(29)18(30)20(34-24)23(32)33/h4-7,12,17-20,24,29-31H,3,8-11H2,1-2H3,(H,32,33)/t12?,17-,18+,19+,20-,24-/m0/s1. The number of rotatable bonds is 6. The third-order valence-corrected chi connectivity index (χ3v) is 6.92. The normalized spacial score (nSPS) is 29.7. The van der Waals surface area contributed by atoms with Gasteiger partial charge in [0.1, 0.15) is 18.3 Å². The van der Waals surface area contributed by atoms with Crippen molar-refractivity contribution in [3.05, 3.63) is 30.0 Å². The molecule has 6 atom stereocenters. The molecule has 4 heterocycles. The van der Waals surface area contributed by atoms with Crippen molar-refractivity contribution >= 4 is 27.8 Å². The van der Waals surface area contributed by atoms with Crippen molar-refractivity contribution in [2.75, 3.05) is 19.6 Å². The lowest BCUT2D eigenvalue weighted by atomic mass is 9.98. The van der Waals surface area contributed by atoms with Gasteiger partial charge in [-0.1, -0.05) is 25.1 Å². The molecular weight excluding hydrogens is 456 g/mol. The summed E-state index contributed by atoms with van der Waals surface area (Å²) in [7, 11) is 1.81. The molecule has 0 amide bonds. The number of aliphatic hydroxyl groups is 3. The highest BCUT2D eigenvalue weighted by molar-refractivity contribution is 6.08. The zero-order valence-corrected chi connectivity index (χ0v) is 19.6. The number of fused-ring (bicyclic) bond motifs is 3. The lowest BCUT2D eigenvalue weighted by molar-refractivity contribution is -0.271. The Hall–Kier alpha value is -2.83. The average molecular weight is 487 g/mol. The summed E-state index contributed by atoms with van der Waals surface area (Å²) in [5, 5.41) is 47.2. The Balaban J connectivity index is 1.55. The summed E-state index contributed by atoms with van der Waals surface area (Å²) in [5.74, 6) is -1.09. The second kappa shape index (κ2) is 9.32. The minimum absolute atomic E-state index is 0.110. The van der Waals surface area contributed by atoms with Gasteiger partial charge in [-0.15, -0.1) is 0 Å². The van der Waals surface area contributed by atoms with Crippen LogP contribution < -0.4 is 4.74 Å². The van der Waals surface area contributed by atoms with E-state index in [4.69, 9.17) is 14.6 Å². The SMILES string of the molecule is CCCN1CCC(c2nn(C)c3nc(O[C@@H]4O[C@H](C(=O)O)[C@H](O)[C@H](O)[C@H]4O)c4ccccc4c23)C1. The summed E-state index contributed by atoms with van der Waals surface area (Å²) in [5.41, 5.74) is 1.57. The fourth-order valence-electron chi connectivity index (χ4n) is 5.18. The van der Waals surface area contributed by atoms with E-state index in [9.17, 15) is 25.2 Å². The lowest BCUT2D eigenvalue weighted by Gasteiger charge is -2.38. The Morgan fingerprint density at radius 3 is 2.63 bits per heavy atom. The molecule has 2 aliphatic heterocycles. The maximum atomic E-state index is 11.5. The molecular formula is C24H30N4O7. The molecule has 1 aromatic carbocycles. The first kappa shape index (κ1) is 23.9. The number of carboxylic acids is 1. The van der Waals surface area contributed by atoms with E-state index >= 15 is 0 Å². The number of aromatic nitrogens is 3. The molecule has 3 aromatic rings. The van der Waals surface area contributed by atoms with Gasteiger partial charge in [0.05, 0.1) is 11.1 Å². The number of hydrogen-bond acceptors (Lipinski definition) is 9. The smallest absolute Gasteiger partial charge is 0.335 e. The highest BCUT2D eigenvalue weighted by Gasteiger charge is 2.48. The summed E-state index contributed by atoms with van der Waals surface area (Å²) >= 11 is 0.